The van der Waals surface area contributed by atoms with E-state index in [1.165, 1.54) is 0 Å². The third-order valence-electron chi connectivity index (χ3n) is 3.79. The van der Waals surface area contributed by atoms with Gasteiger partial charge in [0.15, 0.2) is 0 Å². The summed E-state index contributed by atoms with van der Waals surface area (Å²) in [6.07, 6.45) is 4.89. The molecule has 0 unspecified atom stereocenters. The minimum atomic E-state index is -0.927. The highest BCUT2D eigenvalue weighted by molar-refractivity contribution is 6.01. The van der Waals surface area contributed by atoms with Crippen molar-refractivity contribution >= 4 is 11.6 Å². The van der Waals surface area contributed by atoms with Gasteiger partial charge in [-0.05, 0) is 37.6 Å². The van der Waals surface area contributed by atoms with Crippen LogP contribution in [-0.2, 0) is 12.6 Å². The van der Waals surface area contributed by atoms with Gasteiger partial charge in [0.1, 0.15) is 0 Å². The Bertz CT molecular complexity index is 894. The van der Waals surface area contributed by atoms with Crippen LogP contribution < -0.4 is 5.32 Å². The van der Waals surface area contributed by atoms with Crippen LogP contribution in [0.15, 0.2) is 49.1 Å². The highest BCUT2D eigenvalue weighted by atomic mass is 16.3. The molecule has 0 saturated heterocycles. The number of carbonyl (C=O) groups excluding carboxylic acids is 1. The summed E-state index contributed by atoms with van der Waals surface area (Å²) in [5.74, 6) is -0.328. The van der Waals surface area contributed by atoms with E-state index in [1.807, 2.05) is 11.6 Å². The van der Waals surface area contributed by atoms with Crippen LogP contribution in [0.2, 0.25) is 0 Å². The molecular formula is C18H19N5O2. The number of aryl methyl sites for hydroxylation is 1. The van der Waals surface area contributed by atoms with E-state index >= 15 is 0 Å². The number of hydrogen-bond acceptors (Lipinski definition) is 5. The maximum absolute atomic E-state index is 12.4. The standard InChI is InChI=1S/C18H19N5O2/c1-18(2,25)12-4-6-13(7-5-12)21-17(24)16-20-9-8-14(22-16)15-10-19-11-23(15)3/h4-11,25H,1-3H3,(H,21,24). The van der Waals surface area contributed by atoms with Crippen molar-refractivity contribution in [2.24, 2.45) is 7.05 Å². The van der Waals surface area contributed by atoms with E-state index in [0.717, 1.165) is 11.3 Å². The summed E-state index contributed by atoms with van der Waals surface area (Å²) in [4.78, 5) is 24.8. The van der Waals surface area contributed by atoms with Gasteiger partial charge in [0.25, 0.3) is 5.91 Å². The number of carbonyl (C=O) groups is 1. The molecule has 0 fully saturated rings. The average Bonchev–Trinajstić information content (AvgIpc) is 3.01. The first-order valence-electron chi connectivity index (χ1n) is 7.78. The third kappa shape index (κ3) is 3.72. The van der Waals surface area contributed by atoms with E-state index in [0.29, 0.717) is 11.4 Å². The maximum atomic E-state index is 12.4. The monoisotopic (exact) mass is 337 g/mol. The second kappa shape index (κ2) is 6.45. The van der Waals surface area contributed by atoms with Gasteiger partial charge in [-0.25, -0.2) is 15.0 Å². The zero-order chi connectivity index (χ0) is 18.0. The lowest BCUT2D eigenvalue weighted by atomic mass is 9.98. The summed E-state index contributed by atoms with van der Waals surface area (Å²) < 4.78 is 1.82. The summed E-state index contributed by atoms with van der Waals surface area (Å²) in [6, 6.07) is 8.73. The van der Waals surface area contributed by atoms with Gasteiger partial charge in [0.2, 0.25) is 5.82 Å². The van der Waals surface area contributed by atoms with Gasteiger partial charge in [0, 0.05) is 18.9 Å². The van der Waals surface area contributed by atoms with Gasteiger partial charge < -0.3 is 15.0 Å². The smallest absolute Gasteiger partial charge is 0.293 e. The third-order valence-corrected chi connectivity index (χ3v) is 3.79. The first kappa shape index (κ1) is 16.8. The Balaban J connectivity index is 1.79. The van der Waals surface area contributed by atoms with Crippen molar-refractivity contribution in [3.63, 3.8) is 0 Å². The zero-order valence-corrected chi connectivity index (χ0v) is 14.3. The number of amides is 1. The van der Waals surface area contributed by atoms with Gasteiger partial charge in [0.05, 0.1) is 29.5 Å². The van der Waals surface area contributed by atoms with Gasteiger partial charge in [-0.1, -0.05) is 12.1 Å². The molecule has 0 atom stereocenters. The van der Waals surface area contributed by atoms with Crippen LogP contribution in [0.4, 0.5) is 5.69 Å². The number of aliphatic hydroxyl groups is 1. The SMILES string of the molecule is Cn1cncc1-c1ccnc(C(=O)Nc2ccc(C(C)(C)O)cc2)n1. The number of rotatable bonds is 4. The number of nitrogens with one attached hydrogen (secondary N) is 1. The summed E-state index contributed by atoms with van der Waals surface area (Å²) in [5.41, 5.74) is 1.86. The molecule has 0 radical (unpaired) electrons. The van der Waals surface area contributed by atoms with Crippen LogP contribution in [0.1, 0.15) is 30.0 Å². The molecule has 0 spiro atoms. The second-order valence-electron chi connectivity index (χ2n) is 6.25. The molecule has 0 saturated carbocycles. The molecule has 7 heteroatoms. The highest BCUT2D eigenvalue weighted by Gasteiger charge is 2.16. The van der Waals surface area contributed by atoms with Crippen LogP contribution in [0.5, 0.6) is 0 Å². The summed E-state index contributed by atoms with van der Waals surface area (Å²) in [6.45, 7) is 3.41. The lowest BCUT2D eigenvalue weighted by Crippen LogP contribution is -2.17. The quantitative estimate of drug-likeness (QED) is 0.762. The number of anilines is 1. The Morgan fingerprint density at radius 2 is 1.92 bits per heavy atom. The molecule has 1 amide bonds. The molecule has 1 aromatic carbocycles. The van der Waals surface area contributed by atoms with Crippen molar-refractivity contribution in [2.45, 2.75) is 19.4 Å². The number of imidazole rings is 1. The lowest BCUT2D eigenvalue weighted by Gasteiger charge is -2.17. The van der Waals surface area contributed by atoms with E-state index in [1.54, 1.807) is 62.9 Å². The Hall–Kier alpha value is -3.06. The molecule has 0 aliphatic rings. The zero-order valence-electron chi connectivity index (χ0n) is 14.3. The molecule has 2 aromatic heterocycles. The molecule has 128 valence electrons. The van der Waals surface area contributed by atoms with Gasteiger partial charge in [-0.2, -0.15) is 0 Å². The van der Waals surface area contributed by atoms with Crippen LogP contribution in [0.25, 0.3) is 11.4 Å². The van der Waals surface area contributed by atoms with E-state index in [2.05, 4.69) is 20.3 Å². The van der Waals surface area contributed by atoms with Gasteiger partial charge in [-0.3, -0.25) is 4.79 Å². The van der Waals surface area contributed by atoms with Crippen molar-refractivity contribution in [2.75, 3.05) is 5.32 Å². The Morgan fingerprint density at radius 1 is 1.20 bits per heavy atom. The van der Waals surface area contributed by atoms with E-state index in [9.17, 15) is 9.90 Å². The minimum Gasteiger partial charge on any atom is -0.386 e. The summed E-state index contributed by atoms with van der Waals surface area (Å²) >= 11 is 0. The Labute approximate surface area is 145 Å². The molecule has 7 nitrogen and oxygen atoms in total. The van der Waals surface area contributed by atoms with Crippen LogP contribution in [0.3, 0.4) is 0 Å². The summed E-state index contributed by atoms with van der Waals surface area (Å²) in [7, 11) is 1.86. The Kier molecular flexibility index (Phi) is 4.33. The molecule has 0 aliphatic heterocycles. The van der Waals surface area contributed by atoms with Gasteiger partial charge >= 0.3 is 0 Å². The first-order chi connectivity index (χ1) is 11.8. The molecule has 2 N–H and O–H groups in total. The topological polar surface area (TPSA) is 92.9 Å². The lowest BCUT2D eigenvalue weighted by molar-refractivity contribution is 0.0786. The largest absolute Gasteiger partial charge is 0.386 e. The molecule has 0 bridgehead atoms. The molecular weight excluding hydrogens is 318 g/mol. The number of aromatic nitrogens is 4. The summed E-state index contributed by atoms with van der Waals surface area (Å²) in [5, 5.41) is 12.7. The molecule has 0 aliphatic carbocycles. The molecule has 2 heterocycles. The van der Waals surface area contributed by atoms with Crippen molar-refractivity contribution in [1.82, 2.24) is 19.5 Å². The predicted molar refractivity (Wildman–Crippen MR) is 93.9 cm³/mol. The fraction of sp³-hybridized carbons (Fsp3) is 0.222. The second-order valence-corrected chi connectivity index (χ2v) is 6.25. The van der Waals surface area contributed by atoms with Crippen LogP contribution >= 0.6 is 0 Å². The van der Waals surface area contributed by atoms with Crippen molar-refractivity contribution < 1.29 is 9.90 Å². The average molecular weight is 337 g/mol. The van der Waals surface area contributed by atoms with Crippen molar-refractivity contribution in [3.8, 4) is 11.4 Å². The van der Waals surface area contributed by atoms with E-state index < -0.39 is 11.5 Å². The molecule has 3 rings (SSSR count). The van der Waals surface area contributed by atoms with Gasteiger partial charge in [-0.15, -0.1) is 0 Å². The number of hydrogen-bond donors (Lipinski definition) is 2. The highest BCUT2D eigenvalue weighted by Crippen LogP contribution is 2.21. The molecule has 3 aromatic rings. The normalized spacial score (nSPS) is 11.4. The van der Waals surface area contributed by atoms with Crippen LogP contribution in [-0.4, -0.2) is 30.5 Å². The molecule has 25 heavy (non-hydrogen) atoms. The van der Waals surface area contributed by atoms with E-state index in [4.69, 9.17) is 0 Å². The van der Waals surface area contributed by atoms with Crippen molar-refractivity contribution in [3.05, 3.63) is 60.4 Å². The first-order valence-corrected chi connectivity index (χ1v) is 7.78. The van der Waals surface area contributed by atoms with E-state index in [-0.39, 0.29) is 5.82 Å². The number of nitrogens with zero attached hydrogens (tertiary/aromatic N) is 4. The van der Waals surface area contributed by atoms with Crippen molar-refractivity contribution in [1.29, 1.82) is 0 Å². The predicted octanol–water partition coefficient (Wildman–Crippen LogP) is 2.36. The fourth-order valence-electron chi connectivity index (χ4n) is 2.36. The minimum absolute atomic E-state index is 0.0743. The fourth-order valence-corrected chi connectivity index (χ4v) is 2.36. The Morgan fingerprint density at radius 3 is 2.52 bits per heavy atom. The number of benzene rings is 1. The maximum Gasteiger partial charge on any atom is 0.293 e. The van der Waals surface area contributed by atoms with Crippen LogP contribution in [0, 0.1) is 0 Å².